The number of pyridine rings is 1. The quantitative estimate of drug-likeness (QED) is 0.729. The van der Waals surface area contributed by atoms with Crippen LogP contribution in [0.5, 0.6) is 0 Å². The molecule has 3 aromatic rings. The maximum Gasteiger partial charge on any atom is 0.137 e. The van der Waals surface area contributed by atoms with Crippen molar-refractivity contribution in [3.05, 3.63) is 72.2 Å². The number of imidazole rings is 1. The molecule has 0 bridgehead atoms. The van der Waals surface area contributed by atoms with Gasteiger partial charge >= 0.3 is 0 Å². The molecule has 0 aliphatic heterocycles. The molecule has 0 saturated carbocycles. The number of aliphatic hydroxyl groups is 1. The number of hydrogen-bond donors (Lipinski definition) is 1. The van der Waals surface area contributed by atoms with Crippen molar-refractivity contribution in [3.8, 4) is 0 Å². The maximum atomic E-state index is 10.1. The van der Waals surface area contributed by atoms with Crippen molar-refractivity contribution in [3.63, 3.8) is 0 Å². The minimum atomic E-state index is -0.309. The van der Waals surface area contributed by atoms with E-state index in [0.29, 0.717) is 6.54 Å². The summed E-state index contributed by atoms with van der Waals surface area (Å²) in [5.41, 5.74) is 3.23. The molecule has 2 aromatic heterocycles. The van der Waals surface area contributed by atoms with Gasteiger partial charge in [-0.1, -0.05) is 43.3 Å². The van der Waals surface area contributed by atoms with Gasteiger partial charge in [-0.15, -0.1) is 0 Å². The fraction of sp³-hybridized carbons (Fsp3) is 0.316. The molecule has 4 heteroatoms. The van der Waals surface area contributed by atoms with Gasteiger partial charge in [0.2, 0.25) is 0 Å². The molecule has 1 aromatic carbocycles. The number of rotatable bonds is 7. The van der Waals surface area contributed by atoms with Crippen molar-refractivity contribution in [1.82, 2.24) is 14.3 Å². The van der Waals surface area contributed by atoms with Gasteiger partial charge in [0, 0.05) is 32.0 Å². The van der Waals surface area contributed by atoms with E-state index in [9.17, 15) is 5.11 Å². The third-order valence-electron chi connectivity index (χ3n) is 3.99. The van der Waals surface area contributed by atoms with Gasteiger partial charge in [-0.05, 0) is 24.1 Å². The van der Waals surface area contributed by atoms with Gasteiger partial charge in [0.1, 0.15) is 5.65 Å². The highest BCUT2D eigenvalue weighted by atomic mass is 16.3. The molecule has 0 amide bonds. The third kappa shape index (κ3) is 4.18. The van der Waals surface area contributed by atoms with Gasteiger partial charge in [0.15, 0.2) is 0 Å². The van der Waals surface area contributed by atoms with E-state index in [1.807, 2.05) is 41.8 Å². The molecule has 1 unspecified atom stereocenters. The molecule has 0 fully saturated rings. The normalized spacial score (nSPS) is 12.8. The highest BCUT2D eigenvalue weighted by Crippen LogP contribution is 2.12. The number of nitrogens with zero attached hydrogens (tertiary/aromatic N) is 3. The lowest BCUT2D eigenvalue weighted by molar-refractivity contribution is 0.101. The Balaban J connectivity index is 1.76. The largest absolute Gasteiger partial charge is 0.392 e. The van der Waals surface area contributed by atoms with Gasteiger partial charge < -0.3 is 9.51 Å². The first-order chi connectivity index (χ1) is 11.2. The Morgan fingerprint density at radius 2 is 1.87 bits per heavy atom. The van der Waals surface area contributed by atoms with E-state index in [1.165, 1.54) is 5.56 Å². The van der Waals surface area contributed by atoms with E-state index in [-0.39, 0.29) is 6.10 Å². The van der Waals surface area contributed by atoms with Crippen LogP contribution in [0.3, 0.4) is 0 Å². The molecule has 0 saturated heterocycles. The van der Waals surface area contributed by atoms with Crippen LogP contribution in [-0.2, 0) is 13.1 Å². The Labute approximate surface area is 137 Å². The van der Waals surface area contributed by atoms with Crippen molar-refractivity contribution >= 4 is 5.65 Å². The summed E-state index contributed by atoms with van der Waals surface area (Å²) < 4.78 is 2.03. The van der Waals surface area contributed by atoms with E-state index >= 15 is 0 Å². The highest BCUT2D eigenvalue weighted by molar-refractivity contribution is 5.39. The van der Waals surface area contributed by atoms with Crippen LogP contribution in [0.1, 0.15) is 24.6 Å². The molecule has 0 aliphatic carbocycles. The molecule has 3 rings (SSSR count). The van der Waals surface area contributed by atoms with Crippen LogP contribution < -0.4 is 0 Å². The molecular weight excluding hydrogens is 286 g/mol. The van der Waals surface area contributed by atoms with E-state index in [0.717, 1.165) is 30.9 Å². The van der Waals surface area contributed by atoms with E-state index < -0.39 is 0 Å². The van der Waals surface area contributed by atoms with Crippen LogP contribution in [-0.4, -0.2) is 32.0 Å². The van der Waals surface area contributed by atoms with Gasteiger partial charge in [0.05, 0.1) is 11.8 Å². The summed E-state index contributed by atoms with van der Waals surface area (Å²) in [4.78, 5) is 6.92. The second kappa shape index (κ2) is 7.40. The first-order valence-electron chi connectivity index (χ1n) is 8.11. The van der Waals surface area contributed by atoms with Crippen molar-refractivity contribution in [1.29, 1.82) is 0 Å². The molecular formula is C19H23N3O. The number of fused-ring (bicyclic) bond motifs is 1. The lowest BCUT2D eigenvalue weighted by Crippen LogP contribution is -2.31. The number of hydrogen-bond acceptors (Lipinski definition) is 3. The molecule has 1 N–H and O–H groups in total. The number of aromatic nitrogens is 2. The fourth-order valence-electron chi connectivity index (χ4n) is 2.75. The molecule has 0 spiro atoms. The molecule has 1 atom stereocenters. The zero-order valence-electron chi connectivity index (χ0n) is 13.5. The van der Waals surface area contributed by atoms with Crippen LogP contribution in [0.4, 0.5) is 0 Å². The van der Waals surface area contributed by atoms with E-state index in [1.54, 1.807) is 0 Å². The average molecular weight is 309 g/mol. The summed E-state index contributed by atoms with van der Waals surface area (Å²) in [6.07, 6.45) is 4.52. The van der Waals surface area contributed by atoms with Crippen LogP contribution in [0.25, 0.3) is 5.65 Å². The van der Waals surface area contributed by atoms with Crippen LogP contribution >= 0.6 is 0 Å². The Kier molecular flexibility index (Phi) is 5.05. The van der Waals surface area contributed by atoms with Gasteiger partial charge in [0.25, 0.3) is 0 Å². The Hall–Kier alpha value is -2.17. The van der Waals surface area contributed by atoms with Gasteiger partial charge in [-0.2, -0.15) is 0 Å². The van der Waals surface area contributed by atoms with Gasteiger partial charge in [-0.3, -0.25) is 4.90 Å². The van der Waals surface area contributed by atoms with E-state index in [4.69, 9.17) is 0 Å². The lowest BCUT2D eigenvalue weighted by Gasteiger charge is -2.24. The van der Waals surface area contributed by atoms with E-state index in [2.05, 4.69) is 40.3 Å². The van der Waals surface area contributed by atoms with Crippen LogP contribution in [0, 0.1) is 0 Å². The summed E-state index contributed by atoms with van der Waals surface area (Å²) in [6, 6.07) is 16.4. The third-order valence-corrected chi connectivity index (χ3v) is 3.99. The topological polar surface area (TPSA) is 40.8 Å². The predicted octanol–water partition coefficient (Wildman–Crippen LogP) is 3.11. The highest BCUT2D eigenvalue weighted by Gasteiger charge is 2.13. The van der Waals surface area contributed by atoms with Crippen molar-refractivity contribution in [2.75, 3.05) is 6.54 Å². The fourth-order valence-corrected chi connectivity index (χ4v) is 2.75. The zero-order valence-corrected chi connectivity index (χ0v) is 13.5. The summed E-state index contributed by atoms with van der Waals surface area (Å²) in [7, 11) is 0. The summed E-state index contributed by atoms with van der Waals surface area (Å²) in [5.74, 6) is 0. The van der Waals surface area contributed by atoms with Crippen LogP contribution in [0.15, 0.2) is 60.9 Å². The summed E-state index contributed by atoms with van der Waals surface area (Å²) in [5, 5.41) is 10.1. The predicted molar refractivity (Wildman–Crippen MR) is 92.0 cm³/mol. The maximum absolute atomic E-state index is 10.1. The second-order valence-electron chi connectivity index (χ2n) is 5.92. The number of benzene rings is 1. The summed E-state index contributed by atoms with van der Waals surface area (Å²) >= 11 is 0. The first-order valence-corrected chi connectivity index (χ1v) is 8.11. The molecule has 0 radical (unpaired) electrons. The van der Waals surface area contributed by atoms with Gasteiger partial charge in [-0.25, -0.2) is 4.98 Å². The average Bonchev–Trinajstić information content (AvgIpc) is 2.97. The van der Waals surface area contributed by atoms with Crippen molar-refractivity contribution in [2.24, 2.45) is 0 Å². The Morgan fingerprint density at radius 1 is 1.09 bits per heavy atom. The first kappa shape index (κ1) is 15.7. The monoisotopic (exact) mass is 309 g/mol. The lowest BCUT2D eigenvalue weighted by atomic mass is 10.2. The number of aliphatic hydroxyl groups excluding tert-OH is 1. The second-order valence-corrected chi connectivity index (χ2v) is 5.92. The SMILES string of the molecule is CCC(O)CN(Cc1ccccc1)Cc1cn2ccccc2n1. The van der Waals surface area contributed by atoms with Crippen molar-refractivity contribution in [2.45, 2.75) is 32.5 Å². The molecule has 120 valence electrons. The smallest absolute Gasteiger partial charge is 0.137 e. The molecule has 23 heavy (non-hydrogen) atoms. The molecule has 4 nitrogen and oxygen atoms in total. The standard InChI is InChI=1S/C19H23N3O/c1-2-18(23)15-21(12-16-8-4-3-5-9-16)13-17-14-22-11-7-6-10-19(22)20-17/h3-11,14,18,23H,2,12-13,15H2,1H3. The summed E-state index contributed by atoms with van der Waals surface area (Å²) in [6.45, 7) is 4.20. The minimum absolute atomic E-state index is 0.309. The van der Waals surface area contributed by atoms with Crippen LogP contribution in [0.2, 0.25) is 0 Å². The Morgan fingerprint density at radius 3 is 2.61 bits per heavy atom. The minimum Gasteiger partial charge on any atom is -0.392 e. The van der Waals surface area contributed by atoms with Crippen molar-refractivity contribution < 1.29 is 5.11 Å². The zero-order chi connectivity index (χ0) is 16.1. The molecule has 2 heterocycles. The molecule has 0 aliphatic rings. The Bertz CT molecular complexity index is 705.